The minimum absolute atomic E-state index is 0.168. The number of nitrogens with one attached hydrogen (secondary N) is 1. The summed E-state index contributed by atoms with van der Waals surface area (Å²) in [5.41, 5.74) is 9.26. The molecular formula is C15H18ClN3O2S. The van der Waals surface area contributed by atoms with Gasteiger partial charge in [0.25, 0.3) is 0 Å². The lowest BCUT2D eigenvalue weighted by Crippen LogP contribution is -2.04. The lowest BCUT2D eigenvalue weighted by atomic mass is 10.1. The molecule has 0 fully saturated rings. The van der Waals surface area contributed by atoms with E-state index in [1.165, 1.54) is 12.1 Å². The Hall–Kier alpha value is -1.79. The minimum Gasteiger partial charge on any atom is -0.396 e. The van der Waals surface area contributed by atoms with Crippen LogP contribution in [0.4, 0.5) is 17.2 Å². The fourth-order valence-corrected chi connectivity index (χ4v) is 3.01. The number of anilines is 3. The van der Waals surface area contributed by atoms with Crippen LogP contribution in [0.2, 0.25) is 5.02 Å². The van der Waals surface area contributed by atoms with E-state index < -0.39 is 9.84 Å². The Morgan fingerprint density at radius 1 is 1.36 bits per heavy atom. The van der Waals surface area contributed by atoms with Crippen molar-refractivity contribution in [3.05, 3.63) is 40.5 Å². The van der Waals surface area contributed by atoms with E-state index in [-0.39, 0.29) is 4.90 Å². The Kier molecular flexibility index (Phi) is 4.63. The maximum absolute atomic E-state index is 11.5. The first-order valence-electron chi connectivity index (χ1n) is 6.74. The van der Waals surface area contributed by atoms with E-state index in [4.69, 9.17) is 17.3 Å². The number of pyridine rings is 1. The van der Waals surface area contributed by atoms with Crippen LogP contribution in [-0.4, -0.2) is 19.7 Å². The predicted octanol–water partition coefficient (Wildman–Crippen LogP) is 3.34. The molecular weight excluding hydrogens is 322 g/mol. The van der Waals surface area contributed by atoms with Crippen LogP contribution in [0.25, 0.3) is 0 Å². The highest BCUT2D eigenvalue weighted by molar-refractivity contribution is 7.90. The summed E-state index contributed by atoms with van der Waals surface area (Å²) in [6, 6.07) is 4.50. The normalized spacial score (nSPS) is 11.5. The Morgan fingerprint density at radius 3 is 2.59 bits per heavy atom. The van der Waals surface area contributed by atoms with Crippen molar-refractivity contribution in [1.29, 1.82) is 0 Å². The lowest BCUT2D eigenvalue weighted by molar-refractivity contribution is 0.602. The van der Waals surface area contributed by atoms with E-state index in [0.717, 1.165) is 23.8 Å². The number of aromatic nitrogens is 1. The quantitative estimate of drug-likeness (QED) is 0.892. The van der Waals surface area contributed by atoms with Crippen molar-refractivity contribution in [3.8, 4) is 0 Å². The number of halogens is 1. The number of hydrogen-bond acceptors (Lipinski definition) is 5. The summed E-state index contributed by atoms with van der Waals surface area (Å²) < 4.78 is 23.0. The van der Waals surface area contributed by atoms with Gasteiger partial charge in [-0.05, 0) is 42.7 Å². The number of nitrogen functional groups attached to an aromatic ring is 1. The highest BCUT2D eigenvalue weighted by Crippen LogP contribution is 2.31. The summed E-state index contributed by atoms with van der Waals surface area (Å²) in [7, 11) is -3.29. The first kappa shape index (κ1) is 16.6. The van der Waals surface area contributed by atoms with Gasteiger partial charge in [-0.1, -0.05) is 18.5 Å². The maximum atomic E-state index is 11.5. The van der Waals surface area contributed by atoms with E-state index in [1.54, 1.807) is 12.3 Å². The summed E-state index contributed by atoms with van der Waals surface area (Å²) in [5.74, 6) is 0.503. The second-order valence-electron chi connectivity index (χ2n) is 5.06. The molecule has 0 saturated carbocycles. The van der Waals surface area contributed by atoms with Crippen molar-refractivity contribution in [2.24, 2.45) is 0 Å². The molecule has 0 unspecified atom stereocenters. The Labute approximate surface area is 135 Å². The van der Waals surface area contributed by atoms with E-state index in [9.17, 15) is 8.42 Å². The number of nitrogens with two attached hydrogens (primary N) is 1. The average molecular weight is 340 g/mol. The largest absolute Gasteiger partial charge is 0.396 e. The van der Waals surface area contributed by atoms with Gasteiger partial charge in [0.15, 0.2) is 15.7 Å². The molecule has 0 radical (unpaired) electrons. The number of hydrogen-bond donors (Lipinski definition) is 2. The van der Waals surface area contributed by atoms with Crippen LogP contribution in [0.5, 0.6) is 0 Å². The fraction of sp³-hybridized carbons (Fsp3) is 0.267. The SMILES string of the molecule is CCc1cnc(Nc2ccc(S(C)(=O)=O)cc2Cl)c(N)c1C. The molecule has 3 N–H and O–H groups in total. The second-order valence-corrected chi connectivity index (χ2v) is 7.49. The first-order chi connectivity index (χ1) is 10.2. The molecule has 0 spiro atoms. The standard InChI is InChI=1S/C15H18ClN3O2S/c1-4-10-8-18-15(14(17)9(10)2)19-13-6-5-11(7-12(13)16)22(3,20)21/h5-8H,4,17H2,1-3H3,(H,18,19). The van der Waals surface area contributed by atoms with Crippen LogP contribution in [0.3, 0.4) is 0 Å². The third kappa shape index (κ3) is 3.34. The van der Waals surface area contributed by atoms with Crippen molar-refractivity contribution >= 4 is 38.6 Å². The van der Waals surface area contributed by atoms with Gasteiger partial charge in [-0.2, -0.15) is 0 Å². The molecule has 2 aromatic rings. The molecule has 2 rings (SSSR count). The zero-order valence-corrected chi connectivity index (χ0v) is 14.2. The van der Waals surface area contributed by atoms with Gasteiger partial charge in [-0.15, -0.1) is 0 Å². The highest BCUT2D eigenvalue weighted by Gasteiger charge is 2.12. The molecule has 0 atom stereocenters. The van der Waals surface area contributed by atoms with E-state index >= 15 is 0 Å². The van der Waals surface area contributed by atoms with Crippen molar-refractivity contribution in [2.45, 2.75) is 25.2 Å². The van der Waals surface area contributed by atoms with Gasteiger partial charge in [0.05, 0.1) is 21.3 Å². The van der Waals surface area contributed by atoms with Gasteiger partial charge < -0.3 is 11.1 Å². The summed E-state index contributed by atoms with van der Waals surface area (Å²) in [6.45, 7) is 3.98. The van der Waals surface area contributed by atoms with Gasteiger partial charge >= 0.3 is 0 Å². The van der Waals surface area contributed by atoms with E-state index in [2.05, 4.69) is 10.3 Å². The molecule has 1 aromatic heterocycles. The molecule has 0 aliphatic carbocycles. The molecule has 0 aliphatic rings. The summed E-state index contributed by atoms with van der Waals surface area (Å²) >= 11 is 6.14. The molecule has 118 valence electrons. The van der Waals surface area contributed by atoms with Crippen LogP contribution in [0.15, 0.2) is 29.3 Å². The van der Waals surface area contributed by atoms with Crippen LogP contribution in [-0.2, 0) is 16.3 Å². The van der Waals surface area contributed by atoms with Gasteiger partial charge in [-0.25, -0.2) is 13.4 Å². The van der Waals surface area contributed by atoms with Gasteiger partial charge in [0.1, 0.15) is 0 Å². The molecule has 0 amide bonds. The van der Waals surface area contributed by atoms with Crippen LogP contribution in [0, 0.1) is 6.92 Å². The number of sulfone groups is 1. The van der Waals surface area contributed by atoms with Gasteiger partial charge in [0, 0.05) is 12.5 Å². The average Bonchev–Trinajstić information content (AvgIpc) is 2.45. The fourth-order valence-electron chi connectivity index (χ4n) is 2.07. The minimum atomic E-state index is -3.29. The molecule has 22 heavy (non-hydrogen) atoms. The summed E-state index contributed by atoms with van der Waals surface area (Å²) in [6.07, 6.45) is 3.76. The molecule has 5 nitrogen and oxygen atoms in total. The second kappa shape index (κ2) is 6.14. The van der Waals surface area contributed by atoms with Crippen molar-refractivity contribution in [2.75, 3.05) is 17.3 Å². The molecule has 1 aromatic carbocycles. The van der Waals surface area contributed by atoms with E-state index in [1.807, 2.05) is 13.8 Å². The lowest BCUT2D eigenvalue weighted by Gasteiger charge is -2.14. The highest BCUT2D eigenvalue weighted by atomic mass is 35.5. The smallest absolute Gasteiger partial charge is 0.175 e. The molecule has 7 heteroatoms. The van der Waals surface area contributed by atoms with Crippen LogP contribution >= 0.6 is 11.6 Å². The number of aryl methyl sites for hydroxylation is 1. The number of rotatable bonds is 4. The van der Waals surface area contributed by atoms with Crippen LogP contribution in [0.1, 0.15) is 18.1 Å². The number of benzene rings is 1. The first-order valence-corrected chi connectivity index (χ1v) is 9.01. The summed E-state index contributed by atoms with van der Waals surface area (Å²) in [4.78, 5) is 4.47. The zero-order chi connectivity index (χ0) is 16.5. The van der Waals surface area contributed by atoms with Crippen LogP contribution < -0.4 is 11.1 Å². The van der Waals surface area contributed by atoms with Crippen molar-refractivity contribution < 1.29 is 8.42 Å². The predicted molar refractivity (Wildman–Crippen MR) is 90.6 cm³/mol. The molecule has 0 saturated heterocycles. The number of nitrogens with zero attached hydrogens (tertiary/aromatic N) is 1. The molecule has 0 aliphatic heterocycles. The van der Waals surface area contributed by atoms with Crippen molar-refractivity contribution in [1.82, 2.24) is 4.98 Å². The zero-order valence-electron chi connectivity index (χ0n) is 12.6. The third-order valence-corrected chi connectivity index (χ3v) is 4.92. The monoisotopic (exact) mass is 339 g/mol. The molecule has 1 heterocycles. The maximum Gasteiger partial charge on any atom is 0.175 e. The summed E-state index contributed by atoms with van der Waals surface area (Å²) in [5, 5.41) is 3.34. The van der Waals surface area contributed by atoms with Gasteiger partial charge in [0.2, 0.25) is 0 Å². The Bertz CT molecular complexity index is 820. The van der Waals surface area contributed by atoms with E-state index in [0.29, 0.717) is 22.2 Å². The topological polar surface area (TPSA) is 85.1 Å². The molecule has 0 bridgehead atoms. The Morgan fingerprint density at radius 2 is 2.05 bits per heavy atom. The Balaban J connectivity index is 2.38. The third-order valence-electron chi connectivity index (χ3n) is 3.49. The van der Waals surface area contributed by atoms with Gasteiger partial charge in [-0.3, -0.25) is 0 Å². The van der Waals surface area contributed by atoms with Crippen molar-refractivity contribution in [3.63, 3.8) is 0 Å².